The molecule has 154 valence electrons. The first-order valence-electron chi connectivity index (χ1n) is 9.36. The first kappa shape index (κ1) is 20.0. The molecular formula is C20H19FN6O2S. The Labute approximate surface area is 176 Å². The van der Waals surface area contributed by atoms with E-state index in [0.717, 1.165) is 18.4 Å². The Hall–Kier alpha value is -3.27. The van der Waals surface area contributed by atoms with Crippen molar-refractivity contribution in [2.45, 2.75) is 30.8 Å². The number of hydrogen-bond acceptors (Lipinski definition) is 6. The van der Waals surface area contributed by atoms with E-state index < -0.39 is 5.82 Å². The zero-order chi connectivity index (χ0) is 21.1. The van der Waals surface area contributed by atoms with Gasteiger partial charge in [-0.3, -0.25) is 9.59 Å². The fourth-order valence-corrected chi connectivity index (χ4v) is 3.31. The summed E-state index contributed by atoms with van der Waals surface area (Å²) in [6.07, 6.45) is 5.03. The topological polar surface area (TPSA) is 102 Å². The summed E-state index contributed by atoms with van der Waals surface area (Å²) in [5, 5.41) is 10.4. The maximum absolute atomic E-state index is 13.4. The number of rotatable bonds is 7. The van der Waals surface area contributed by atoms with Gasteiger partial charge < -0.3 is 10.6 Å². The van der Waals surface area contributed by atoms with Crippen molar-refractivity contribution in [3.8, 4) is 5.82 Å². The summed E-state index contributed by atoms with van der Waals surface area (Å²) in [6.45, 7) is 1.79. The lowest BCUT2D eigenvalue weighted by atomic mass is 10.2. The van der Waals surface area contributed by atoms with Gasteiger partial charge in [-0.05, 0) is 43.5 Å². The molecule has 1 aliphatic rings. The van der Waals surface area contributed by atoms with Crippen LogP contribution in [0.15, 0.2) is 47.9 Å². The summed E-state index contributed by atoms with van der Waals surface area (Å²) < 4.78 is 14.9. The molecule has 0 spiro atoms. The number of carbonyl (C=O) groups is 2. The second-order valence-corrected chi connectivity index (χ2v) is 7.90. The first-order valence-corrected chi connectivity index (χ1v) is 10.3. The predicted octanol–water partition coefficient (Wildman–Crippen LogP) is 2.73. The van der Waals surface area contributed by atoms with Crippen molar-refractivity contribution in [1.82, 2.24) is 25.1 Å². The average molecular weight is 426 g/mol. The molecular weight excluding hydrogens is 407 g/mol. The van der Waals surface area contributed by atoms with Crippen LogP contribution in [0.4, 0.5) is 10.1 Å². The van der Waals surface area contributed by atoms with Gasteiger partial charge in [-0.1, -0.05) is 17.8 Å². The third-order valence-corrected chi connectivity index (χ3v) is 5.35. The maximum atomic E-state index is 13.4. The van der Waals surface area contributed by atoms with E-state index >= 15 is 0 Å². The summed E-state index contributed by atoms with van der Waals surface area (Å²) in [5.74, 6) is -0.301. The molecule has 10 heteroatoms. The predicted molar refractivity (Wildman–Crippen MR) is 110 cm³/mol. The van der Waals surface area contributed by atoms with E-state index in [-0.39, 0.29) is 23.6 Å². The molecule has 0 atom stereocenters. The highest BCUT2D eigenvalue weighted by molar-refractivity contribution is 7.99. The second-order valence-electron chi connectivity index (χ2n) is 6.90. The van der Waals surface area contributed by atoms with E-state index in [1.54, 1.807) is 31.3 Å². The van der Waals surface area contributed by atoms with Gasteiger partial charge in [-0.15, -0.1) is 0 Å². The number of carbonyl (C=O) groups excluding carboxylic acids is 2. The third kappa shape index (κ3) is 5.01. The Morgan fingerprint density at radius 2 is 2.07 bits per heavy atom. The SMILES string of the molecule is Cc1ccc(F)cc1NC(=O)CSc1cc(-n2ccc(C(=O)NC3CC3)n2)ncn1. The van der Waals surface area contributed by atoms with E-state index in [1.165, 1.54) is 34.9 Å². The van der Waals surface area contributed by atoms with Crippen LogP contribution in [0.3, 0.4) is 0 Å². The van der Waals surface area contributed by atoms with Crippen molar-refractivity contribution < 1.29 is 14.0 Å². The lowest BCUT2D eigenvalue weighted by Gasteiger charge is -2.08. The average Bonchev–Trinajstić information content (AvgIpc) is 3.40. The van der Waals surface area contributed by atoms with Crippen molar-refractivity contribution in [2.24, 2.45) is 0 Å². The number of nitrogens with zero attached hydrogens (tertiary/aromatic N) is 4. The number of aromatic nitrogens is 4. The molecule has 8 nitrogen and oxygen atoms in total. The molecule has 1 aliphatic carbocycles. The quantitative estimate of drug-likeness (QED) is 0.445. The van der Waals surface area contributed by atoms with E-state index in [0.29, 0.717) is 22.2 Å². The molecule has 2 aromatic heterocycles. The van der Waals surface area contributed by atoms with Crippen LogP contribution in [-0.4, -0.2) is 43.4 Å². The van der Waals surface area contributed by atoms with Crippen LogP contribution in [0.5, 0.6) is 0 Å². The number of thioether (sulfide) groups is 1. The minimum Gasteiger partial charge on any atom is -0.348 e. The first-order chi connectivity index (χ1) is 14.5. The molecule has 2 heterocycles. The van der Waals surface area contributed by atoms with Gasteiger partial charge in [0, 0.05) is 24.0 Å². The summed E-state index contributed by atoms with van der Waals surface area (Å²) in [4.78, 5) is 32.6. The molecule has 3 aromatic rings. The Balaban J connectivity index is 1.37. The highest BCUT2D eigenvalue weighted by Crippen LogP contribution is 2.21. The number of aryl methyl sites for hydroxylation is 1. The van der Waals surface area contributed by atoms with Gasteiger partial charge in [0.1, 0.15) is 17.2 Å². The molecule has 0 bridgehead atoms. The van der Waals surface area contributed by atoms with Crippen molar-refractivity contribution in [2.75, 3.05) is 11.1 Å². The highest BCUT2D eigenvalue weighted by atomic mass is 32.2. The molecule has 4 rings (SSSR count). The van der Waals surface area contributed by atoms with E-state index in [9.17, 15) is 14.0 Å². The van der Waals surface area contributed by atoms with E-state index in [4.69, 9.17) is 0 Å². The Kier molecular flexibility index (Phi) is 5.75. The molecule has 1 fully saturated rings. The van der Waals surface area contributed by atoms with Gasteiger partial charge in [-0.25, -0.2) is 19.0 Å². The third-order valence-electron chi connectivity index (χ3n) is 4.42. The van der Waals surface area contributed by atoms with Gasteiger partial charge in [0.05, 0.1) is 5.75 Å². The lowest BCUT2D eigenvalue weighted by Crippen LogP contribution is -2.25. The van der Waals surface area contributed by atoms with E-state index in [1.807, 2.05) is 0 Å². The van der Waals surface area contributed by atoms with Crippen molar-refractivity contribution in [3.05, 3.63) is 59.9 Å². The number of hydrogen-bond donors (Lipinski definition) is 2. The molecule has 2 amide bonds. The van der Waals surface area contributed by atoms with Crippen LogP contribution in [0.2, 0.25) is 0 Å². The fraction of sp³-hybridized carbons (Fsp3) is 0.250. The largest absolute Gasteiger partial charge is 0.348 e. The molecule has 0 saturated heterocycles. The number of anilines is 1. The second kappa shape index (κ2) is 8.62. The summed E-state index contributed by atoms with van der Waals surface area (Å²) in [6, 6.07) is 7.81. The molecule has 2 N–H and O–H groups in total. The van der Waals surface area contributed by atoms with Crippen LogP contribution in [0.25, 0.3) is 5.82 Å². The fourth-order valence-electron chi connectivity index (χ4n) is 2.65. The van der Waals surface area contributed by atoms with Crippen LogP contribution < -0.4 is 10.6 Å². The normalized spacial score (nSPS) is 13.1. The minimum atomic E-state index is -0.409. The van der Waals surface area contributed by atoms with Crippen molar-refractivity contribution in [3.63, 3.8) is 0 Å². The molecule has 0 unspecified atom stereocenters. The summed E-state index contributed by atoms with van der Waals surface area (Å²) in [5.41, 5.74) is 1.54. The molecule has 0 aliphatic heterocycles. The van der Waals surface area contributed by atoms with Crippen LogP contribution in [-0.2, 0) is 4.79 Å². The zero-order valence-corrected chi connectivity index (χ0v) is 16.9. The number of halogens is 1. The van der Waals surface area contributed by atoms with Crippen LogP contribution >= 0.6 is 11.8 Å². The molecule has 0 radical (unpaired) electrons. The zero-order valence-electron chi connectivity index (χ0n) is 16.1. The number of amides is 2. The summed E-state index contributed by atoms with van der Waals surface area (Å²) >= 11 is 1.22. The highest BCUT2D eigenvalue weighted by Gasteiger charge is 2.24. The summed E-state index contributed by atoms with van der Waals surface area (Å²) in [7, 11) is 0. The lowest BCUT2D eigenvalue weighted by molar-refractivity contribution is -0.113. The number of benzene rings is 1. The van der Waals surface area contributed by atoms with Crippen LogP contribution in [0, 0.1) is 12.7 Å². The van der Waals surface area contributed by atoms with Crippen LogP contribution in [0.1, 0.15) is 28.9 Å². The Morgan fingerprint density at radius 3 is 2.87 bits per heavy atom. The van der Waals surface area contributed by atoms with E-state index in [2.05, 4.69) is 25.7 Å². The molecule has 30 heavy (non-hydrogen) atoms. The van der Waals surface area contributed by atoms with Crippen molar-refractivity contribution in [1.29, 1.82) is 0 Å². The smallest absolute Gasteiger partial charge is 0.272 e. The Bertz CT molecular complexity index is 1100. The minimum absolute atomic E-state index is 0.0978. The maximum Gasteiger partial charge on any atom is 0.272 e. The van der Waals surface area contributed by atoms with Gasteiger partial charge in [-0.2, -0.15) is 5.10 Å². The molecule has 1 saturated carbocycles. The Morgan fingerprint density at radius 1 is 1.23 bits per heavy atom. The molecule has 1 aromatic carbocycles. The van der Waals surface area contributed by atoms with Gasteiger partial charge >= 0.3 is 0 Å². The standard InChI is InChI=1S/C20H19FN6O2S/c1-12-2-3-13(21)8-16(12)25-18(28)10-30-19-9-17(22-11-23-19)27-7-6-15(26-27)20(29)24-14-4-5-14/h2-3,6-9,11,14H,4-5,10H2,1H3,(H,24,29)(H,25,28). The van der Waals surface area contributed by atoms with Crippen molar-refractivity contribution >= 4 is 29.3 Å². The monoisotopic (exact) mass is 426 g/mol. The number of nitrogens with one attached hydrogen (secondary N) is 2. The van der Waals surface area contributed by atoms with Gasteiger partial charge in [0.15, 0.2) is 11.5 Å². The van der Waals surface area contributed by atoms with Gasteiger partial charge in [0.25, 0.3) is 5.91 Å². The van der Waals surface area contributed by atoms with Gasteiger partial charge in [0.2, 0.25) is 5.91 Å².